The maximum Gasteiger partial charge on any atom is 0.313 e. The van der Waals surface area contributed by atoms with Crippen molar-refractivity contribution in [1.29, 1.82) is 0 Å². The smallest absolute Gasteiger partial charge is 0.313 e. The molecule has 3 saturated heterocycles. The van der Waals surface area contributed by atoms with E-state index in [9.17, 15) is 14.7 Å². The Morgan fingerprint density at radius 2 is 1.73 bits per heavy atom. The number of amides is 3. The maximum atomic E-state index is 15.3. The molecule has 0 aliphatic carbocycles. The van der Waals surface area contributed by atoms with Crippen LogP contribution in [0, 0.1) is 17.8 Å². The van der Waals surface area contributed by atoms with Crippen LogP contribution >= 0.6 is 15.9 Å². The second-order valence-corrected chi connectivity index (χ2v) is 16.7. The quantitative estimate of drug-likeness (QED) is 0.0984. The summed E-state index contributed by atoms with van der Waals surface area (Å²) in [5.74, 6) is -3.57. The van der Waals surface area contributed by atoms with Crippen LogP contribution in [-0.4, -0.2) is 93.5 Å². The van der Waals surface area contributed by atoms with Crippen molar-refractivity contribution in [3.05, 3.63) is 104 Å². The van der Waals surface area contributed by atoms with Gasteiger partial charge in [-0.15, -0.1) is 13.2 Å². The highest BCUT2D eigenvalue weighted by Crippen LogP contribution is 2.61. The summed E-state index contributed by atoms with van der Waals surface area (Å²) in [5, 5.41) is 12.8. The van der Waals surface area contributed by atoms with Crippen molar-refractivity contribution in [2.75, 3.05) is 25.1 Å². The topological polar surface area (TPSA) is 117 Å². The Morgan fingerprint density at radius 3 is 2.38 bits per heavy atom. The van der Waals surface area contributed by atoms with Gasteiger partial charge in [0, 0.05) is 30.5 Å². The van der Waals surface area contributed by atoms with Crippen molar-refractivity contribution in [1.82, 2.24) is 9.80 Å². The number of anilines is 1. The number of aliphatic hydroxyl groups is 1. The van der Waals surface area contributed by atoms with Gasteiger partial charge in [0.25, 0.3) is 5.91 Å². The Hall–Kier alpha value is -4.32. The fourth-order valence-electron chi connectivity index (χ4n) is 8.90. The molecule has 3 fully saturated rings. The van der Waals surface area contributed by atoms with Crippen molar-refractivity contribution in [2.45, 2.75) is 87.2 Å². The number of alkyl halides is 1. The van der Waals surface area contributed by atoms with Crippen LogP contribution in [0.1, 0.15) is 58.1 Å². The highest BCUT2D eigenvalue weighted by atomic mass is 79.9. The molecule has 3 heterocycles. The van der Waals surface area contributed by atoms with Crippen LogP contribution in [0.2, 0.25) is 0 Å². The van der Waals surface area contributed by atoms with Crippen LogP contribution in [0.25, 0.3) is 10.8 Å². The molecule has 0 saturated carbocycles. The third kappa shape index (κ3) is 7.50. The van der Waals surface area contributed by atoms with Crippen LogP contribution < -0.4 is 4.90 Å². The second-order valence-electron chi connectivity index (χ2n) is 15.5. The standard InChI is InChI=1S/C44H52BrN3O7/c1-7-9-19-35(50)46(6)28(5)38(30-16-11-10-12-17-30)54-43(53)36-37-41(51)48(33(26-49)23-27(3)4)40(44(37)25-34(45)39(36)55-44)42(52)47(22-8-2)32-21-20-29-15-13-14-18-31(29)24-32/h7-8,10-18,20-21,24,27-28,33-34,36-40,49H,1-2,9,19,22-23,25-26H2,3-6H3/t28-,33+,34?,36-,37+,38+,39-,40-,44+/m0/s1. The van der Waals surface area contributed by atoms with E-state index in [1.54, 1.807) is 29.0 Å². The summed E-state index contributed by atoms with van der Waals surface area (Å²) in [6.07, 6.45) is 3.22. The number of esters is 1. The Bertz CT molecular complexity index is 1920. The predicted molar refractivity (Wildman–Crippen MR) is 216 cm³/mol. The minimum absolute atomic E-state index is 0.0876. The molecule has 9 atom stereocenters. The largest absolute Gasteiger partial charge is 0.455 e. The zero-order chi connectivity index (χ0) is 39.6. The number of aliphatic hydroxyl groups excluding tert-OH is 1. The van der Waals surface area contributed by atoms with Gasteiger partial charge in [0.05, 0.1) is 36.6 Å². The van der Waals surface area contributed by atoms with Crippen molar-refractivity contribution in [2.24, 2.45) is 17.8 Å². The van der Waals surface area contributed by atoms with E-state index >= 15 is 9.59 Å². The van der Waals surface area contributed by atoms with E-state index in [0.29, 0.717) is 30.5 Å². The Labute approximate surface area is 332 Å². The van der Waals surface area contributed by atoms with Gasteiger partial charge in [-0.2, -0.15) is 0 Å². The lowest BCUT2D eigenvalue weighted by atomic mass is 9.70. The molecular formula is C44H52BrN3O7. The van der Waals surface area contributed by atoms with Crippen LogP contribution in [0.3, 0.4) is 0 Å². The van der Waals surface area contributed by atoms with E-state index in [1.807, 2.05) is 93.6 Å². The fraction of sp³-hybridized carbons (Fsp3) is 0.455. The molecule has 0 aromatic heterocycles. The number of halogens is 1. The molecule has 292 valence electrons. The van der Waals surface area contributed by atoms with E-state index < -0.39 is 59.6 Å². The summed E-state index contributed by atoms with van der Waals surface area (Å²) in [6, 6.07) is 20.5. The molecule has 3 amide bonds. The van der Waals surface area contributed by atoms with Gasteiger partial charge in [0.1, 0.15) is 17.7 Å². The van der Waals surface area contributed by atoms with Crippen molar-refractivity contribution >= 4 is 56.1 Å². The Balaban J connectivity index is 1.40. The number of fused-ring (bicyclic) bond motifs is 2. The maximum absolute atomic E-state index is 15.3. The number of hydrogen-bond donors (Lipinski definition) is 1. The van der Waals surface area contributed by atoms with Crippen LogP contribution in [-0.2, 0) is 28.7 Å². The Kier molecular flexibility index (Phi) is 12.3. The van der Waals surface area contributed by atoms with Gasteiger partial charge in [-0.3, -0.25) is 19.2 Å². The van der Waals surface area contributed by atoms with Crippen molar-refractivity contribution in [3.63, 3.8) is 0 Å². The molecule has 3 aliphatic heterocycles. The molecule has 1 N–H and O–H groups in total. The lowest BCUT2D eigenvalue weighted by Gasteiger charge is -2.40. The van der Waals surface area contributed by atoms with Gasteiger partial charge in [-0.25, -0.2) is 0 Å². The van der Waals surface area contributed by atoms with Gasteiger partial charge in [0.2, 0.25) is 11.8 Å². The van der Waals surface area contributed by atoms with Crippen LogP contribution in [0.15, 0.2) is 98.1 Å². The summed E-state index contributed by atoms with van der Waals surface area (Å²) in [7, 11) is 1.69. The first-order valence-electron chi connectivity index (χ1n) is 19.2. The molecule has 0 radical (unpaired) electrons. The third-order valence-corrected chi connectivity index (χ3v) is 12.4. The summed E-state index contributed by atoms with van der Waals surface area (Å²) < 4.78 is 13.2. The third-order valence-electron chi connectivity index (χ3n) is 11.6. The van der Waals surface area contributed by atoms with E-state index in [2.05, 4.69) is 29.1 Å². The molecule has 3 aliphatic rings. The van der Waals surface area contributed by atoms with Gasteiger partial charge in [0.15, 0.2) is 0 Å². The molecule has 55 heavy (non-hydrogen) atoms. The van der Waals surface area contributed by atoms with Crippen LogP contribution in [0.4, 0.5) is 5.69 Å². The highest BCUT2D eigenvalue weighted by Gasteiger charge is 2.77. The minimum atomic E-state index is -1.39. The van der Waals surface area contributed by atoms with E-state index in [-0.39, 0.29) is 42.1 Å². The Morgan fingerprint density at radius 1 is 1.04 bits per heavy atom. The zero-order valence-electron chi connectivity index (χ0n) is 32.1. The zero-order valence-corrected chi connectivity index (χ0v) is 33.6. The SMILES string of the molecule is C=CCCC(=O)N(C)[C@@H](C)[C@@H](OC(=O)[C@@H]1[C@H]2O[C@@]3(CC2Br)[C@H](C(=O)N(CC=C)c2ccc4ccccc4c2)N([C@@H](CO)CC(C)C)C(=O)[C@@H]13)c1ccccc1. The minimum Gasteiger partial charge on any atom is -0.455 e. The molecule has 3 aromatic rings. The average molecular weight is 815 g/mol. The molecule has 1 unspecified atom stereocenters. The molecular weight excluding hydrogens is 762 g/mol. The van der Waals surface area contributed by atoms with E-state index in [1.165, 1.54) is 4.90 Å². The molecule has 1 spiro atoms. The average Bonchev–Trinajstić information content (AvgIpc) is 3.79. The summed E-state index contributed by atoms with van der Waals surface area (Å²) in [6.45, 7) is 13.3. The second kappa shape index (κ2) is 16.8. The molecule has 2 bridgehead atoms. The number of likely N-dealkylation sites (N-methyl/N-ethyl adjacent to an activating group) is 1. The number of allylic oxidation sites excluding steroid dienone is 1. The monoisotopic (exact) mass is 813 g/mol. The molecule has 3 aromatic carbocycles. The van der Waals surface area contributed by atoms with E-state index in [4.69, 9.17) is 9.47 Å². The normalized spacial score (nSPS) is 25.7. The van der Waals surface area contributed by atoms with Crippen molar-refractivity contribution in [3.8, 4) is 0 Å². The molecule has 10 nitrogen and oxygen atoms in total. The lowest BCUT2D eigenvalue weighted by Crippen LogP contribution is -2.59. The molecule has 11 heteroatoms. The number of rotatable bonds is 16. The lowest BCUT2D eigenvalue weighted by molar-refractivity contribution is -0.165. The number of carbonyl (C=O) groups is 4. The predicted octanol–water partition coefficient (Wildman–Crippen LogP) is 6.61. The van der Waals surface area contributed by atoms with Crippen molar-refractivity contribution < 1.29 is 33.8 Å². The van der Waals surface area contributed by atoms with Gasteiger partial charge >= 0.3 is 5.97 Å². The van der Waals surface area contributed by atoms with Gasteiger partial charge in [-0.05, 0) is 60.6 Å². The van der Waals surface area contributed by atoms with Gasteiger partial charge < -0.3 is 29.3 Å². The van der Waals surface area contributed by atoms with E-state index in [0.717, 1.165) is 10.8 Å². The van der Waals surface area contributed by atoms with Gasteiger partial charge in [-0.1, -0.05) is 103 Å². The summed E-state index contributed by atoms with van der Waals surface area (Å²) in [5.41, 5.74) is -0.0606. The number of carbonyl (C=O) groups excluding carboxylic acids is 4. The number of ether oxygens (including phenoxy) is 2. The van der Waals surface area contributed by atoms with Crippen LogP contribution in [0.5, 0.6) is 0 Å². The number of hydrogen-bond acceptors (Lipinski definition) is 7. The number of likely N-dealkylation sites (tertiary alicyclic amines) is 1. The number of benzene rings is 3. The summed E-state index contributed by atoms with van der Waals surface area (Å²) in [4.78, 5) is 62.5. The number of nitrogens with zero attached hydrogens (tertiary/aromatic N) is 3. The first-order valence-corrected chi connectivity index (χ1v) is 20.1. The first kappa shape index (κ1) is 40.3. The fourth-order valence-corrected chi connectivity index (χ4v) is 9.84. The first-order chi connectivity index (χ1) is 26.4. The molecule has 6 rings (SSSR count). The highest BCUT2D eigenvalue weighted by molar-refractivity contribution is 9.09. The summed E-state index contributed by atoms with van der Waals surface area (Å²) >= 11 is 3.78.